The topological polar surface area (TPSA) is 116 Å². The normalized spacial score (nSPS) is 20.8. The number of aromatic nitrogens is 5. The molecule has 0 bridgehead atoms. The van der Waals surface area contributed by atoms with E-state index in [4.69, 9.17) is 4.98 Å². The van der Waals surface area contributed by atoms with Gasteiger partial charge in [0.1, 0.15) is 17.0 Å². The molecule has 11 nitrogen and oxygen atoms in total. The summed E-state index contributed by atoms with van der Waals surface area (Å²) in [5.41, 5.74) is 3.48. The van der Waals surface area contributed by atoms with E-state index in [9.17, 15) is 9.90 Å². The summed E-state index contributed by atoms with van der Waals surface area (Å²) >= 11 is 0. The predicted molar refractivity (Wildman–Crippen MR) is 142 cm³/mol. The molecule has 6 rings (SSSR count). The van der Waals surface area contributed by atoms with Gasteiger partial charge in [0.05, 0.1) is 24.0 Å². The first-order valence-corrected chi connectivity index (χ1v) is 12.9. The molecule has 0 aromatic carbocycles. The van der Waals surface area contributed by atoms with Gasteiger partial charge >= 0.3 is 0 Å². The quantitative estimate of drug-likeness (QED) is 0.346. The van der Waals surface area contributed by atoms with Crippen molar-refractivity contribution in [3.8, 4) is 11.3 Å². The maximum Gasteiger partial charge on any atom is 0.257 e. The molecule has 1 amide bonds. The van der Waals surface area contributed by atoms with Gasteiger partial charge in [0.15, 0.2) is 5.65 Å². The van der Waals surface area contributed by atoms with E-state index in [1.807, 2.05) is 25.4 Å². The second-order valence-corrected chi connectivity index (χ2v) is 10.1. The third-order valence-electron chi connectivity index (χ3n) is 7.69. The SMILES string of the molecule is CNc1cc(-c2cn(CCN3CCN(C)CC3)c3ncccc23)nc2c(C(=O)NC3CCC3O)cnn12. The van der Waals surface area contributed by atoms with E-state index in [1.165, 1.54) is 6.20 Å². The molecule has 2 unspecified atom stereocenters. The number of carbonyl (C=O) groups is 1. The first-order valence-electron chi connectivity index (χ1n) is 12.9. The number of fused-ring (bicyclic) bond motifs is 2. The van der Waals surface area contributed by atoms with Gasteiger partial charge in [0.25, 0.3) is 5.91 Å². The number of aliphatic hydroxyl groups excluding tert-OH is 1. The summed E-state index contributed by atoms with van der Waals surface area (Å²) in [5.74, 6) is 0.451. The van der Waals surface area contributed by atoms with E-state index >= 15 is 0 Å². The third-order valence-corrected chi connectivity index (χ3v) is 7.69. The fourth-order valence-corrected chi connectivity index (χ4v) is 5.15. The van der Waals surface area contributed by atoms with Crippen LogP contribution in [0, 0.1) is 0 Å². The lowest BCUT2D eigenvalue weighted by atomic mass is 9.89. The van der Waals surface area contributed by atoms with Gasteiger partial charge in [-0.2, -0.15) is 9.61 Å². The maximum absolute atomic E-state index is 13.0. The Morgan fingerprint density at radius 1 is 1.16 bits per heavy atom. The summed E-state index contributed by atoms with van der Waals surface area (Å²) in [5, 5.41) is 21.4. The lowest BCUT2D eigenvalue weighted by Crippen LogP contribution is -2.50. The molecule has 0 spiro atoms. The van der Waals surface area contributed by atoms with Crippen molar-refractivity contribution in [3.63, 3.8) is 0 Å². The first-order chi connectivity index (χ1) is 18.0. The van der Waals surface area contributed by atoms with Crippen molar-refractivity contribution in [2.75, 3.05) is 52.1 Å². The van der Waals surface area contributed by atoms with E-state index in [1.54, 1.807) is 4.52 Å². The molecule has 4 aromatic heterocycles. The van der Waals surface area contributed by atoms with Gasteiger partial charge in [-0.25, -0.2) is 9.97 Å². The van der Waals surface area contributed by atoms with Gasteiger partial charge in [0.2, 0.25) is 0 Å². The summed E-state index contributed by atoms with van der Waals surface area (Å²) in [6, 6.07) is 5.73. The number of carbonyl (C=O) groups excluding carboxylic acids is 1. The van der Waals surface area contributed by atoms with Gasteiger partial charge in [-0.15, -0.1) is 0 Å². The number of pyridine rings is 1. The maximum atomic E-state index is 13.0. The molecule has 1 aliphatic carbocycles. The van der Waals surface area contributed by atoms with Crippen LogP contribution < -0.4 is 10.6 Å². The molecule has 5 heterocycles. The Labute approximate surface area is 215 Å². The average molecular weight is 504 g/mol. The van der Waals surface area contributed by atoms with Gasteiger partial charge in [-0.3, -0.25) is 9.69 Å². The van der Waals surface area contributed by atoms with Crippen LogP contribution in [0.2, 0.25) is 0 Å². The predicted octanol–water partition coefficient (Wildman–Crippen LogP) is 1.29. The highest BCUT2D eigenvalue weighted by atomic mass is 16.3. The molecule has 194 valence electrons. The lowest BCUT2D eigenvalue weighted by Gasteiger charge is -2.32. The number of hydrogen-bond donors (Lipinski definition) is 3. The van der Waals surface area contributed by atoms with Gasteiger partial charge < -0.3 is 25.2 Å². The molecule has 0 radical (unpaired) electrons. The van der Waals surface area contributed by atoms with Crippen LogP contribution in [0.5, 0.6) is 0 Å². The van der Waals surface area contributed by atoms with Crippen LogP contribution in [-0.4, -0.2) is 104 Å². The zero-order chi connectivity index (χ0) is 25.5. The Balaban J connectivity index is 1.35. The minimum absolute atomic E-state index is 0.223. The number of likely N-dealkylation sites (N-methyl/N-ethyl adjacent to an activating group) is 1. The van der Waals surface area contributed by atoms with Gasteiger partial charge in [-0.1, -0.05) is 0 Å². The van der Waals surface area contributed by atoms with Crippen LogP contribution in [-0.2, 0) is 6.54 Å². The molecule has 2 fully saturated rings. The molecular weight excluding hydrogens is 470 g/mol. The van der Waals surface area contributed by atoms with Crippen molar-refractivity contribution in [2.24, 2.45) is 0 Å². The smallest absolute Gasteiger partial charge is 0.257 e. The largest absolute Gasteiger partial charge is 0.391 e. The molecule has 1 saturated heterocycles. The molecule has 1 saturated carbocycles. The summed E-state index contributed by atoms with van der Waals surface area (Å²) in [7, 11) is 3.99. The molecule has 4 aromatic rings. The van der Waals surface area contributed by atoms with Crippen molar-refractivity contribution in [2.45, 2.75) is 31.5 Å². The molecular formula is C26H33N9O2. The zero-order valence-corrected chi connectivity index (χ0v) is 21.3. The Bertz CT molecular complexity index is 1440. The molecule has 37 heavy (non-hydrogen) atoms. The number of amides is 1. The van der Waals surface area contributed by atoms with Crippen molar-refractivity contribution >= 4 is 28.4 Å². The van der Waals surface area contributed by atoms with Crippen molar-refractivity contribution < 1.29 is 9.90 Å². The lowest BCUT2D eigenvalue weighted by molar-refractivity contribution is 0.0448. The average Bonchev–Trinajstić information content (AvgIpc) is 3.52. The Kier molecular flexibility index (Phi) is 6.27. The van der Waals surface area contributed by atoms with E-state index in [-0.39, 0.29) is 11.9 Å². The van der Waals surface area contributed by atoms with Crippen molar-refractivity contribution in [1.29, 1.82) is 0 Å². The number of nitrogens with zero attached hydrogens (tertiary/aromatic N) is 7. The zero-order valence-electron chi connectivity index (χ0n) is 21.3. The summed E-state index contributed by atoms with van der Waals surface area (Å²) in [6.07, 6.45) is 6.46. The van der Waals surface area contributed by atoms with Gasteiger partial charge in [-0.05, 0) is 32.0 Å². The monoisotopic (exact) mass is 503 g/mol. The number of hydrogen-bond acceptors (Lipinski definition) is 8. The highest BCUT2D eigenvalue weighted by molar-refractivity contribution is 6.01. The highest BCUT2D eigenvalue weighted by Gasteiger charge is 2.31. The van der Waals surface area contributed by atoms with Crippen LogP contribution in [0.4, 0.5) is 5.82 Å². The standard InChI is InChI=1S/C26H33N9O2/c1-27-23-14-21(30-25-18(15-29-35(23)25)26(37)31-20-5-6-22(20)36)19-16-34(24-17(19)4-3-7-28-24)13-12-33-10-8-32(2)9-11-33/h3-4,7,14-16,20,22,27,36H,5-6,8-13H2,1-2H3,(H,31,37). The third kappa shape index (κ3) is 4.43. The van der Waals surface area contributed by atoms with Crippen LogP contribution in [0.1, 0.15) is 23.2 Å². The number of piperazine rings is 1. The van der Waals surface area contributed by atoms with Crippen LogP contribution in [0.15, 0.2) is 36.8 Å². The second kappa shape index (κ2) is 9.73. The van der Waals surface area contributed by atoms with E-state index in [0.717, 1.165) is 73.8 Å². The van der Waals surface area contributed by atoms with E-state index in [0.29, 0.717) is 17.6 Å². The van der Waals surface area contributed by atoms with Crippen LogP contribution in [0.3, 0.4) is 0 Å². The Morgan fingerprint density at radius 3 is 2.73 bits per heavy atom. The van der Waals surface area contributed by atoms with Crippen LogP contribution in [0.25, 0.3) is 27.9 Å². The van der Waals surface area contributed by atoms with E-state index < -0.39 is 6.10 Å². The van der Waals surface area contributed by atoms with E-state index in [2.05, 4.69) is 54.4 Å². The molecule has 2 aliphatic rings. The van der Waals surface area contributed by atoms with Crippen molar-refractivity contribution in [3.05, 3.63) is 42.4 Å². The second-order valence-electron chi connectivity index (χ2n) is 10.1. The molecule has 3 N–H and O–H groups in total. The minimum Gasteiger partial charge on any atom is -0.391 e. The fourth-order valence-electron chi connectivity index (χ4n) is 5.15. The Hall–Kier alpha value is -3.54. The number of nitrogens with one attached hydrogen (secondary N) is 2. The first kappa shape index (κ1) is 23.8. The summed E-state index contributed by atoms with van der Waals surface area (Å²) in [6.45, 7) is 6.12. The van der Waals surface area contributed by atoms with Crippen LogP contribution >= 0.6 is 0 Å². The molecule has 11 heteroatoms. The summed E-state index contributed by atoms with van der Waals surface area (Å²) < 4.78 is 3.84. The molecule has 1 aliphatic heterocycles. The van der Waals surface area contributed by atoms with Crippen molar-refractivity contribution in [1.82, 2.24) is 39.3 Å². The fraction of sp³-hybridized carbons (Fsp3) is 0.462. The molecule has 2 atom stereocenters. The number of aliphatic hydroxyl groups is 1. The highest BCUT2D eigenvalue weighted by Crippen LogP contribution is 2.31. The Morgan fingerprint density at radius 2 is 2.00 bits per heavy atom. The number of rotatable bonds is 7. The minimum atomic E-state index is -0.494. The summed E-state index contributed by atoms with van der Waals surface area (Å²) in [4.78, 5) is 27.5. The van der Waals surface area contributed by atoms with Gasteiger partial charge in [0, 0.05) is 75.7 Å². The number of anilines is 1.